The van der Waals surface area contributed by atoms with Crippen molar-refractivity contribution in [2.45, 2.75) is 70.0 Å². The Morgan fingerprint density at radius 1 is 0.862 bits per heavy atom. The number of nitrogens with zero attached hydrogens (tertiary/aromatic N) is 6. The Bertz CT molecular complexity index is 2240. The van der Waals surface area contributed by atoms with Crippen molar-refractivity contribution in [2.24, 2.45) is 5.92 Å². The van der Waals surface area contributed by atoms with Crippen molar-refractivity contribution in [3.05, 3.63) is 83.2 Å². The predicted molar refractivity (Wildman–Crippen MR) is 221 cm³/mol. The number of nitrogens with one attached hydrogen (secondary N) is 3. The Kier molecular flexibility index (Phi) is 10.3. The first-order valence-electron chi connectivity index (χ1n) is 20.8. The van der Waals surface area contributed by atoms with Crippen LogP contribution in [0.2, 0.25) is 0 Å². The molecule has 302 valence electrons. The lowest BCUT2D eigenvalue weighted by Gasteiger charge is -2.37. The number of rotatable bonds is 9. The normalized spacial score (nSPS) is 21.8. The van der Waals surface area contributed by atoms with Gasteiger partial charge < -0.3 is 29.9 Å². The minimum absolute atomic E-state index is 0.153. The van der Waals surface area contributed by atoms with Gasteiger partial charge in [0.15, 0.2) is 0 Å². The summed E-state index contributed by atoms with van der Waals surface area (Å²) in [6.45, 7) is 5.96. The minimum atomic E-state index is -0.628. The summed E-state index contributed by atoms with van der Waals surface area (Å²) >= 11 is 0. The van der Waals surface area contributed by atoms with Crippen LogP contribution in [-0.4, -0.2) is 113 Å². The van der Waals surface area contributed by atoms with Gasteiger partial charge in [-0.3, -0.25) is 34.2 Å². The molecule has 2 atom stereocenters. The number of hydrogen-bond donors (Lipinski definition) is 3. The molecule has 14 nitrogen and oxygen atoms in total. The highest BCUT2D eigenvalue weighted by Gasteiger charge is 2.40. The monoisotopic (exact) mass is 785 g/mol. The van der Waals surface area contributed by atoms with Gasteiger partial charge in [-0.2, -0.15) is 0 Å². The highest BCUT2D eigenvalue weighted by atomic mass is 16.2. The summed E-state index contributed by atoms with van der Waals surface area (Å²) in [5.74, 6) is 0.124. The van der Waals surface area contributed by atoms with E-state index in [4.69, 9.17) is 0 Å². The van der Waals surface area contributed by atoms with Gasteiger partial charge in [0.2, 0.25) is 17.7 Å². The van der Waals surface area contributed by atoms with Crippen molar-refractivity contribution in [2.75, 3.05) is 68.0 Å². The molecule has 2 aromatic carbocycles. The summed E-state index contributed by atoms with van der Waals surface area (Å²) in [6.07, 6.45) is 8.06. The number of aromatic nitrogens is 2. The second-order valence-electron chi connectivity index (χ2n) is 16.6. The molecule has 2 aromatic heterocycles. The van der Waals surface area contributed by atoms with Crippen LogP contribution in [0.1, 0.15) is 89.4 Å². The van der Waals surface area contributed by atoms with Crippen LogP contribution >= 0.6 is 0 Å². The van der Waals surface area contributed by atoms with E-state index in [1.165, 1.54) is 12.1 Å². The fraction of sp³-hybridized carbons (Fsp3) is 0.455. The number of amides is 5. The standard InChI is InChI=1S/C44H51N9O5/c1-49-17-3-6-37(49)35-24-30-26-45-39(25-34(30)46-35)47-42(56)29-8-10-31(11-9-29)50-20-22-52(23-21-50)41(55)14-7-28-15-18-51(19-16-28)36-5-2-4-32-33(36)27-53(44(32)58)38-12-13-40(54)48-43(38)57/h2,4-5,8-11,24-26,28,37-38,46H,3,6-7,12-23,27H2,1H3,(H,45,47,56)(H,48,54,57)/t37-,38?/m1/s1. The van der Waals surface area contributed by atoms with Gasteiger partial charge in [-0.05, 0) is 100 Å². The Balaban J connectivity index is 0.716. The number of H-pyrrole nitrogens is 1. The zero-order valence-electron chi connectivity index (χ0n) is 33.0. The first-order valence-corrected chi connectivity index (χ1v) is 20.8. The topological polar surface area (TPSA) is 154 Å². The average Bonchev–Trinajstić information content (AvgIpc) is 3.96. The van der Waals surface area contributed by atoms with Crippen LogP contribution in [-0.2, 0) is 20.9 Å². The van der Waals surface area contributed by atoms with E-state index in [2.05, 4.69) is 54.5 Å². The lowest BCUT2D eigenvalue weighted by molar-refractivity contribution is -0.137. The summed E-state index contributed by atoms with van der Waals surface area (Å²) in [5.41, 5.74) is 6.36. The maximum Gasteiger partial charge on any atom is 0.256 e. The van der Waals surface area contributed by atoms with Crippen molar-refractivity contribution < 1.29 is 24.0 Å². The van der Waals surface area contributed by atoms with E-state index >= 15 is 0 Å². The zero-order valence-corrected chi connectivity index (χ0v) is 33.0. The molecule has 5 amide bonds. The molecule has 4 saturated heterocycles. The van der Waals surface area contributed by atoms with Gasteiger partial charge in [0.05, 0.1) is 5.52 Å². The fourth-order valence-electron chi connectivity index (χ4n) is 9.64. The van der Waals surface area contributed by atoms with Gasteiger partial charge in [-0.25, -0.2) is 4.98 Å². The van der Waals surface area contributed by atoms with E-state index in [0.29, 0.717) is 61.4 Å². The molecular formula is C44H51N9O5. The van der Waals surface area contributed by atoms with Crippen molar-refractivity contribution in [3.8, 4) is 0 Å². The molecule has 3 N–H and O–H groups in total. The van der Waals surface area contributed by atoms with Crippen LogP contribution in [0.5, 0.6) is 0 Å². The Hall–Kier alpha value is -5.76. The molecule has 5 aliphatic heterocycles. The molecule has 4 aromatic rings. The van der Waals surface area contributed by atoms with Gasteiger partial charge in [-0.1, -0.05) is 6.07 Å². The lowest BCUT2D eigenvalue weighted by Crippen LogP contribution is -2.52. The number of pyridine rings is 1. The molecule has 7 heterocycles. The summed E-state index contributed by atoms with van der Waals surface area (Å²) in [7, 11) is 2.15. The number of anilines is 3. The zero-order chi connectivity index (χ0) is 39.9. The van der Waals surface area contributed by atoms with Crippen LogP contribution in [0.3, 0.4) is 0 Å². The number of likely N-dealkylation sites (tertiary alicyclic amines) is 1. The highest BCUT2D eigenvalue weighted by molar-refractivity contribution is 6.06. The smallest absolute Gasteiger partial charge is 0.256 e. The molecule has 0 saturated carbocycles. The third kappa shape index (κ3) is 7.52. The molecule has 0 radical (unpaired) electrons. The number of hydrogen-bond acceptors (Lipinski definition) is 9. The number of piperazine rings is 1. The van der Waals surface area contributed by atoms with Gasteiger partial charge >= 0.3 is 0 Å². The van der Waals surface area contributed by atoms with Crippen molar-refractivity contribution in [1.29, 1.82) is 0 Å². The summed E-state index contributed by atoms with van der Waals surface area (Å²) in [4.78, 5) is 82.6. The maximum atomic E-state index is 13.3. The van der Waals surface area contributed by atoms with Gasteiger partial charge in [0.25, 0.3) is 11.8 Å². The van der Waals surface area contributed by atoms with Crippen molar-refractivity contribution in [1.82, 2.24) is 30.0 Å². The molecule has 4 fully saturated rings. The molecule has 58 heavy (non-hydrogen) atoms. The van der Waals surface area contributed by atoms with Crippen molar-refractivity contribution >= 4 is 57.6 Å². The van der Waals surface area contributed by atoms with E-state index in [0.717, 1.165) is 86.2 Å². The van der Waals surface area contributed by atoms with Crippen LogP contribution in [0.4, 0.5) is 17.2 Å². The number of aromatic amines is 1. The molecule has 0 spiro atoms. The fourth-order valence-corrected chi connectivity index (χ4v) is 9.64. The van der Waals surface area contributed by atoms with E-state index in [1.54, 1.807) is 4.90 Å². The molecule has 5 aliphatic rings. The molecule has 14 heteroatoms. The van der Waals surface area contributed by atoms with Crippen molar-refractivity contribution in [3.63, 3.8) is 0 Å². The second kappa shape index (κ2) is 15.9. The highest BCUT2D eigenvalue weighted by Crippen LogP contribution is 2.37. The predicted octanol–water partition coefficient (Wildman–Crippen LogP) is 4.69. The van der Waals surface area contributed by atoms with E-state index < -0.39 is 11.9 Å². The molecule has 1 unspecified atom stereocenters. The van der Waals surface area contributed by atoms with Gasteiger partial charge in [0.1, 0.15) is 11.9 Å². The van der Waals surface area contributed by atoms with Crippen LogP contribution < -0.4 is 20.4 Å². The van der Waals surface area contributed by atoms with E-state index in [-0.39, 0.29) is 30.0 Å². The number of fused-ring (bicyclic) bond motifs is 2. The molecule has 9 rings (SSSR count). The third-order valence-corrected chi connectivity index (χ3v) is 13.1. The quantitative estimate of drug-likeness (QED) is 0.205. The summed E-state index contributed by atoms with van der Waals surface area (Å²) in [6, 6.07) is 17.2. The van der Waals surface area contributed by atoms with Crippen LogP contribution in [0.25, 0.3) is 10.9 Å². The SMILES string of the molecule is CN1CCC[C@@H]1c1cc2cnc(NC(=O)c3ccc(N4CCN(C(=O)CCC5CCN(c6cccc7c6CN(C6CCC(=O)NC6=O)C7=O)CC5)CC4)cc3)cc2[nH]1. The Morgan fingerprint density at radius 3 is 2.40 bits per heavy atom. The lowest BCUT2D eigenvalue weighted by atomic mass is 9.91. The average molecular weight is 786 g/mol. The van der Waals surface area contributed by atoms with E-state index in [9.17, 15) is 24.0 Å². The third-order valence-electron chi connectivity index (χ3n) is 13.1. The number of carbonyl (C=O) groups is 5. The number of carbonyl (C=O) groups excluding carboxylic acids is 5. The Morgan fingerprint density at radius 2 is 1.66 bits per heavy atom. The summed E-state index contributed by atoms with van der Waals surface area (Å²) < 4.78 is 0. The number of piperidine rings is 2. The summed E-state index contributed by atoms with van der Waals surface area (Å²) in [5, 5.41) is 6.37. The molecule has 0 bridgehead atoms. The molecular weight excluding hydrogens is 735 g/mol. The molecule has 0 aliphatic carbocycles. The number of imide groups is 1. The maximum absolute atomic E-state index is 13.3. The number of benzene rings is 2. The largest absolute Gasteiger partial charge is 0.371 e. The van der Waals surface area contributed by atoms with Gasteiger partial charge in [0, 0.05) is 116 Å². The second-order valence-corrected chi connectivity index (χ2v) is 16.6. The first-order chi connectivity index (χ1) is 28.2. The van der Waals surface area contributed by atoms with Gasteiger partial charge in [-0.15, -0.1) is 0 Å². The minimum Gasteiger partial charge on any atom is -0.371 e. The Labute approximate surface area is 337 Å². The van der Waals surface area contributed by atoms with Crippen LogP contribution in [0.15, 0.2) is 60.8 Å². The first kappa shape index (κ1) is 37.8. The van der Waals surface area contributed by atoms with E-state index in [1.807, 2.05) is 53.6 Å². The van der Waals surface area contributed by atoms with Crippen LogP contribution in [0, 0.1) is 5.92 Å².